The van der Waals surface area contributed by atoms with Gasteiger partial charge in [0.15, 0.2) is 0 Å². The van der Waals surface area contributed by atoms with Crippen molar-refractivity contribution in [2.45, 2.75) is 38.1 Å². The molecule has 19 heavy (non-hydrogen) atoms. The van der Waals surface area contributed by atoms with Crippen molar-refractivity contribution in [3.05, 3.63) is 29.6 Å². The van der Waals surface area contributed by atoms with Crippen molar-refractivity contribution in [1.82, 2.24) is 10.3 Å². The first-order valence-electron chi connectivity index (χ1n) is 6.52. The summed E-state index contributed by atoms with van der Waals surface area (Å²) in [5.74, 6) is 5.12. The van der Waals surface area contributed by atoms with Gasteiger partial charge in [-0.1, -0.05) is 24.7 Å². The van der Waals surface area contributed by atoms with Gasteiger partial charge in [-0.3, -0.25) is 4.79 Å². The minimum atomic E-state index is -0.229. The maximum absolute atomic E-state index is 12.3. The summed E-state index contributed by atoms with van der Waals surface area (Å²) in [7, 11) is 0. The molecule has 0 radical (unpaired) electrons. The molecule has 0 atom stereocenters. The Bertz CT molecular complexity index is 522. The molecule has 0 bridgehead atoms. The van der Waals surface area contributed by atoms with Gasteiger partial charge in [0.1, 0.15) is 12.3 Å². The summed E-state index contributed by atoms with van der Waals surface area (Å²) >= 11 is 0. The van der Waals surface area contributed by atoms with Crippen molar-refractivity contribution in [2.75, 3.05) is 6.61 Å². The molecule has 1 aromatic heterocycles. The Morgan fingerprint density at radius 3 is 2.95 bits per heavy atom. The van der Waals surface area contributed by atoms with Crippen molar-refractivity contribution in [1.29, 1.82) is 0 Å². The summed E-state index contributed by atoms with van der Waals surface area (Å²) in [5, 5.41) is 11.8. The van der Waals surface area contributed by atoms with Gasteiger partial charge in [0.25, 0.3) is 5.91 Å². The first kappa shape index (κ1) is 13.6. The van der Waals surface area contributed by atoms with Crippen LogP contribution in [0.1, 0.15) is 48.7 Å². The van der Waals surface area contributed by atoms with Crippen LogP contribution in [0, 0.1) is 11.8 Å². The molecule has 1 amide bonds. The highest BCUT2D eigenvalue weighted by Crippen LogP contribution is 2.29. The number of hydrogen-bond acceptors (Lipinski definition) is 3. The summed E-state index contributed by atoms with van der Waals surface area (Å²) in [6.07, 6.45) is 5.88. The number of amides is 1. The van der Waals surface area contributed by atoms with Gasteiger partial charge in [-0.15, -0.1) is 0 Å². The van der Waals surface area contributed by atoms with E-state index >= 15 is 0 Å². The summed E-state index contributed by atoms with van der Waals surface area (Å²) in [4.78, 5) is 16.4. The maximum atomic E-state index is 12.3. The molecular weight excluding hydrogens is 240 g/mol. The van der Waals surface area contributed by atoms with Crippen LogP contribution in [0.5, 0.6) is 0 Å². The van der Waals surface area contributed by atoms with Crippen molar-refractivity contribution < 1.29 is 9.90 Å². The molecule has 1 aliphatic rings. The third-order valence-electron chi connectivity index (χ3n) is 3.45. The molecule has 4 nitrogen and oxygen atoms in total. The van der Waals surface area contributed by atoms with Crippen LogP contribution < -0.4 is 5.32 Å². The number of nitrogens with one attached hydrogen (secondary N) is 1. The van der Waals surface area contributed by atoms with E-state index in [0.717, 1.165) is 25.7 Å². The molecule has 1 aliphatic carbocycles. The molecule has 1 saturated carbocycles. The summed E-state index contributed by atoms with van der Waals surface area (Å²) in [6.45, 7) is 1.84. The standard InChI is InChI=1S/C15H18N2O2/c1-15(8-2-3-9-15)17-14(19)13-12(7-5-11-18)6-4-10-16-13/h4,6,10,18H,2-3,8-9,11H2,1H3,(H,17,19). The molecule has 2 N–H and O–H groups in total. The van der Waals surface area contributed by atoms with Crippen LogP contribution in [0.2, 0.25) is 0 Å². The van der Waals surface area contributed by atoms with E-state index in [1.54, 1.807) is 18.3 Å². The second-order valence-electron chi connectivity index (χ2n) is 5.08. The lowest BCUT2D eigenvalue weighted by Gasteiger charge is -2.25. The Morgan fingerprint density at radius 1 is 1.53 bits per heavy atom. The minimum Gasteiger partial charge on any atom is -0.384 e. The smallest absolute Gasteiger partial charge is 0.271 e. The SMILES string of the molecule is CC1(NC(=O)c2ncccc2C#CCO)CCCC1. The predicted octanol–water partition coefficient (Wildman–Crippen LogP) is 1.49. The molecule has 4 heteroatoms. The summed E-state index contributed by atoms with van der Waals surface area (Å²) in [5.41, 5.74) is 0.753. The van der Waals surface area contributed by atoms with Gasteiger partial charge < -0.3 is 10.4 Å². The van der Waals surface area contributed by atoms with Crippen molar-refractivity contribution in [2.24, 2.45) is 0 Å². The Morgan fingerprint density at radius 2 is 2.26 bits per heavy atom. The van der Waals surface area contributed by atoms with Gasteiger partial charge >= 0.3 is 0 Å². The van der Waals surface area contributed by atoms with Crippen molar-refractivity contribution in [3.63, 3.8) is 0 Å². The van der Waals surface area contributed by atoms with E-state index in [1.807, 2.05) is 0 Å². The van der Waals surface area contributed by atoms with E-state index < -0.39 is 0 Å². The Balaban J connectivity index is 2.19. The number of nitrogens with zero attached hydrogens (tertiary/aromatic N) is 1. The Kier molecular flexibility index (Phi) is 4.18. The van der Waals surface area contributed by atoms with Crippen LogP contribution in [-0.4, -0.2) is 28.1 Å². The molecule has 0 spiro atoms. The highest BCUT2D eigenvalue weighted by molar-refractivity contribution is 5.95. The fourth-order valence-corrected chi connectivity index (χ4v) is 2.44. The molecule has 2 rings (SSSR count). The quantitative estimate of drug-likeness (QED) is 0.790. The fourth-order valence-electron chi connectivity index (χ4n) is 2.44. The highest BCUT2D eigenvalue weighted by atomic mass is 16.2. The average molecular weight is 258 g/mol. The maximum Gasteiger partial charge on any atom is 0.271 e. The lowest BCUT2D eigenvalue weighted by molar-refractivity contribution is 0.0902. The summed E-state index contributed by atoms with van der Waals surface area (Å²) < 4.78 is 0. The number of pyridine rings is 1. The largest absolute Gasteiger partial charge is 0.384 e. The van der Waals surface area contributed by atoms with Gasteiger partial charge in [-0.2, -0.15) is 0 Å². The van der Waals surface area contributed by atoms with Crippen molar-refractivity contribution >= 4 is 5.91 Å². The van der Waals surface area contributed by atoms with Crippen LogP contribution in [-0.2, 0) is 0 Å². The van der Waals surface area contributed by atoms with Crippen LogP contribution >= 0.6 is 0 Å². The van der Waals surface area contributed by atoms with Crippen LogP contribution in [0.15, 0.2) is 18.3 Å². The molecule has 0 aromatic carbocycles. The number of carbonyl (C=O) groups excluding carboxylic acids is 1. The van der Waals surface area contributed by atoms with Gasteiger partial charge in [0.2, 0.25) is 0 Å². The van der Waals surface area contributed by atoms with Crippen LogP contribution in [0.4, 0.5) is 0 Å². The molecule has 0 aliphatic heterocycles. The average Bonchev–Trinajstić information content (AvgIpc) is 2.83. The summed E-state index contributed by atoms with van der Waals surface area (Å²) in [6, 6.07) is 3.47. The number of aromatic nitrogens is 1. The zero-order chi connectivity index (χ0) is 13.7. The third-order valence-corrected chi connectivity index (χ3v) is 3.45. The van der Waals surface area contributed by atoms with Crippen molar-refractivity contribution in [3.8, 4) is 11.8 Å². The molecule has 1 heterocycles. The lowest BCUT2D eigenvalue weighted by atomic mass is 10.00. The zero-order valence-electron chi connectivity index (χ0n) is 11.1. The van der Waals surface area contributed by atoms with Gasteiger partial charge in [-0.25, -0.2) is 4.98 Å². The second-order valence-corrected chi connectivity index (χ2v) is 5.08. The van der Waals surface area contributed by atoms with E-state index in [0.29, 0.717) is 11.3 Å². The molecule has 0 saturated heterocycles. The normalized spacial score (nSPS) is 16.5. The monoisotopic (exact) mass is 258 g/mol. The third kappa shape index (κ3) is 3.33. The Hall–Kier alpha value is -1.86. The van der Waals surface area contributed by atoms with E-state index in [-0.39, 0.29) is 18.1 Å². The van der Waals surface area contributed by atoms with E-state index in [1.165, 1.54) is 0 Å². The van der Waals surface area contributed by atoms with Gasteiger partial charge in [-0.05, 0) is 31.9 Å². The van der Waals surface area contributed by atoms with E-state index in [2.05, 4.69) is 29.1 Å². The molecule has 1 fully saturated rings. The second kappa shape index (κ2) is 5.85. The highest BCUT2D eigenvalue weighted by Gasteiger charge is 2.31. The number of aliphatic hydroxyl groups excluding tert-OH is 1. The van der Waals surface area contributed by atoms with E-state index in [9.17, 15) is 4.79 Å². The van der Waals surface area contributed by atoms with Gasteiger partial charge in [0.05, 0.1) is 5.56 Å². The fraction of sp³-hybridized carbons (Fsp3) is 0.467. The number of aliphatic hydroxyl groups is 1. The lowest BCUT2D eigenvalue weighted by Crippen LogP contribution is -2.44. The number of rotatable bonds is 2. The first-order valence-corrected chi connectivity index (χ1v) is 6.52. The minimum absolute atomic E-state index is 0.129. The molecule has 1 aromatic rings. The molecule has 100 valence electrons. The zero-order valence-corrected chi connectivity index (χ0v) is 11.1. The number of hydrogen-bond donors (Lipinski definition) is 2. The molecule has 0 unspecified atom stereocenters. The number of carbonyl (C=O) groups is 1. The van der Waals surface area contributed by atoms with E-state index in [4.69, 9.17) is 5.11 Å². The molecular formula is C15H18N2O2. The van der Waals surface area contributed by atoms with Gasteiger partial charge in [0, 0.05) is 11.7 Å². The first-order chi connectivity index (χ1) is 9.14. The Labute approximate surface area is 113 Å². The van der Waals surface area contributed by atoms with Crippen LogP contribution in [0.3, 0.4) is 0 Å². The predicted molar refractivity (Wildman–Crippen MR) is 72.5 cm³/mol. The van der Waals surface area contributed by atoms with Crippen LogP contribution in [0.25, 0.3) is 0 Å². The topological polar surface area (TPSA) is 62.2 Å².